The zero-order valence-electron chi connectivity index (χ0n) is 42.5. The van der Waals surface area contributed by atoms with E-state index >= 15 is 0 Å². The zero-order chi connectivity index (χ0) is 48.3. The number of ether oxygens (including phenoxy) is 7. The van der Waals surface area contributed by atoms with Crippen LogP contribution in [0.2, 0.25) is 18.1 Å². The lowest BCUT2D eigenvalue weighted by Gasteiger charge is -2.49. The number of hydrogen-bond donors (Lipinski definition) is 0. The second-order valence-corrected chi connectivity index (χ2v) is 25.7. The van der Waals surface area contributed by atoms with Gasteiger partial charge in [-0.2, -0.15) is 0 Å². The molecule has 2 aliphatic heterocycles. The van der Waals surface area contributed by atoms with Gasteiger partial charge in [-0.1, -0.05) is 143 Å². The molecule has 0 radical (unpaired) electrons. The Kier molecular flexibility index (Phi) is 30.0. The number of azide groups is 1. The summed E-state index contributed by atoms with van der Waals surface area (Å²) in [6.07, 6.45) is 14.7. The Balaban J connectivity index is 2.42. The van der Waals surface area contributed by atoms with Gasteiger partial charge in [0.25, 0.3) is 0 Å². The molecule has 0 N–H and O–H groups in total. The van der Waals surface area contributed by atoms with Crippen LogP contribution in [0.25, 0.3) is 10.4 Å². The molecule has 0 bridgehead atoms. The van der Waals surface area contributed by atoms with Crippen molar-refractivity contribution in [1.29, 1.82) is 0 Å². The molecule has 0 spiro atoms. The molecular formula is C48H92N3O12PSi. The molecular weight excluding hydrogens is 870 g/mol. The minimum Gasteiger partial charge on any atom is -0.392 e. The molecule has 2 rings (SSSR count). The molecule has 0 saturated carbocycles. The molecule has 380 valence electrons. The SMILES string of the molecule is C=CCOP(=O)(OCC=C)O[C@H]1[C@H](OCC[C@H](CCCCCCC)OC)[C@@H](C)[C@H](OC[C@H]2O[C@@H](O[Si](C)(C)C(C)(C)C)[C@H](N=[N+]=[N-])[C@@H](OCCCCCCCCCC)[C@@H]2C)O[C@@H]1COC. The Morgan fingerprint density at radius 1 is 0.738 bits per heavy atom. The van der Waals surface area contributed by atoms with Crippen LogP contribution in [0.15, 0.2) is 30.4 Å². The van der Waals surface area contributed by atoms with E-state index in [1.807, 2.05) is 13.8 Å². The standard InChI is InChI=1S/C48H92N3O12PSi/c1-14-18-20-22-23-24-26-28-33-55-43-37(5)40(60-47(42(43)50-51-49)63-65(12,13)48(7,8)9)36-57-46-38(6)44(56-34-30-39(54-11)29-27-25-21-19-15-2)45(41(61-46)35-53-10)62-64(52,58-31-16-3)59-32-17-4/h16-17,37-47H,3-4,14-15,18-36H2,1-2,5-13H3/t37-,38-,39+,40-,41-,42-,43+,44-,45-,46-,47+/m1/s1. The number of phosphoric acid groups is 1. The number of nitrogens with zero attached hydrogens (tertiary/aromatic N) is 3. The molecule has 0 aromatic carbocycles. The maximum Gasteiger partial charge on any atom is 0.475 e. The van der Waals surface area contributed by atoms with Crippen molar-refractivity contribution in [3.05, 3.63) is 35.8 Å². The van der Waals surface area contributed by atoms with E-state index in [-0.39, 0.29) is 43.5 Å². The summed E-state index contributed by atoms with van der Waals surface area (Å²) in [6.45, 7) is 27.6. The fraction of sp³-hybridized carbons (Fsp3) is 0.917. The van der Waals surface area contributed by atoms with E-state index in [1.165, 1.54) is 63.5 Å². The van der Waals surface area contributed by atoms with Crippen LogP contribution < -0.4 is 0 Å². The molecule has 2 heterocycles. The topological polar surface area (TPSA) is 167 Å². The van der Waals surface area contributed by atoms with E-state index in [0.29, 0.717) is 19.6 Å². The monoisotopic (exact) mass is 962 g/mol. The molecule has 65 heavy (non-hydrogen) atoms. The molecule has 2 aliphatic rings. The number of methoxy groups -OCH3 is 2. The first-order chi connectivity index (χ1) is 31.1. The Hall–Kier alpha value is -1.20. The summed E-state index contributed by atoms with van der Waals surface area (Å²) in [5.41, 5.74) is 9.82. The zero-order valence-corrected chi connectivity index (χ0v) is 44.4. The summed E-state index contributed by atoms with van der Waals surface area (Å²) in [4.78, 5) is 3.26. The number of hydrogen-bond acceptors (Lipinski definition) is 13. The third-order valence-corrected chi connectivity index (χ3v) is 19.0. The van der Waals surface area contributed by atoms with Crippen LogP contribution in [0.5, 0.6) is 0 Å². The highest BCUT2D eigenvalue weighted by molar-refractivity contribution is 7.48. The summed E-state index contributed by atoms with van der Waals surface area (Å²) < 4.78 is 83.6. The van der Waals surface area contributed by atoms with E-state index in [0.717, 1.165) is 38.5 Å². The van der Waals surface area contributed by atoms with Crippen molar-refractivity contribution in [3.63, 3.8) is 0 Å². The fourth-order valence-electron chi connectivity index (χ4n) is 8.01. The normalized spacial score (nSPS) is 27.0. The van der Waals surface area contributed by atoms with Crippen LogP contribution in [0.1, 0.15) is 145 Å². The van der Waals surface area contributed by atoms with Crippen molar-refractivity contribution in [3.8, 4) is 0 Å². The smallest absolute Gasteiger partial charge is 0.392 e. The third-order valence-electron chi connectivity index (χ3n) is 13.1. The van der Waals surface area contributed by atoms with Gasteiger partial charge in [0.15, 0.2) is 20.9 Å². The van der Waals surface area contributed by atoms with Crippen molar-refractivity contribution in [2.45, 2.75) is 218 Å². The maximum absolute atomic E-state index is 14.1. The highest BCUT2D eigenvalue weighted by Gasteiger charge is 2.52. The lowest BCUT2D eigenvalue weighted by molar-refractivity contribution is -0.304. The molecule has 0 unspecified atom stereocenters. The minimum absolute atomic E-state index is 0.0113. The van der Waals surface area contributed by atoms with E-state index < -0.39 is 71.2 Å². The summed E-state index contributed by atoms with van der Waals surface area (Å²) in [7, 11) is -3.30. The molecule has 0 aromatic rings. The summed E-state index contributed by atoms with van der Waals surface area (Å²) >= 11 is 0. The van der Waals surface area contributed by atoms with Gasteiger partial charge in [-0.3, -0.25) is 13.6 Å². The third kappa shape index (κ3) is 21.1. The summed E-state index contributed by atoms with van der Waals surface area (Å²) in [5.74, 6) is -0.683. The van der Waals surface area contributed by atoms with Crippen LogP contribution in [-0.4, -0.2) is 117 Å². The highest BCUT2D eigenvalue weighted by atomic mass is 31.2. The van der Waals surface area contributed by atoms with Gasteiger partial charge in [0.05, 0.1) is 50.8 Å². The fourth-order valence-corrected chi connectivity index (χ4v) is 10.5. The van der Waals surface area contributed by atoms with Crippen molar-refractivity contribution in [2.75, 3.05) is 53.9 Å². The predicted octanol–water partition coefficient (Wildman–Crippen LogP) is 12.6. The molecule has 2 fully saturated rings. The van der Waals surface area contributed by atoms with Crippen LogP contribution >= 0.6 is 7.82 Å². The summed E-state index contributed by atoms with van der Waals surface area (Å²) in [6, 6.07) is -0.699. The Morgan fingerprint density at radius 3 is 1.86 bits per heavy atom. The Labute approximate surface area is 395 Å². The van der Waals surface area contributed by atoms with E-state index in [9.17, 15) is 10.1 Å². The average molecular weight is 962 g/mol. The molecule has 0 aliphatic carbocycles. The van der Waals surface area contributed by atoms with Crippen LogP contribution in [0.4, 0.5) is 0 Å². The first-order valence-corrected chi connectivity index (χ1v) is 29.1. The first-order valence-electron chi connectivity index (χ1n) is 24.7. The molecule has 2 saturated heterocycles. The Morgan fingerprint density at radius 2 is 1.31 bits per heavy atom. The second-order valence-electron chi connectivity index (χ2n) is 19.3. The molecule has 15 nitrogen and oxygen atoms in total. The van der Waals surface area contributed by atoms with Crippen molar-refractivity contribution >= 4 is 16.1 Å². The second kappa shape index (κ2) is 32.6. The van der Waals surface area contributed by atoms with Gasteiger partial charge in [-0.25, -0.2) is 4.57 Å². The van der Waals surface area contributed by atoms with Crippen LogP contribution in [0.3, 0.4) is 0 Å². The Bertz CT molecular complexity index is 1370. The number of rotatable bonds is 37. The van der Waals surface area contributed by atoms with Gasteiger partial charge >= 0.3 is 7.82 Å². The van der Waals surface area contributed by atoms with Crippen molar-refractivity contribution in [2.24, 2.45) is 17.0 Å². The molecule has 11 atom stereocenters. The van der Waals surface area contributed by atoms with Crippen molar-refractivity contribution in [1.82, 2.24) is 0 Å². The minimum atomic E-state index is -4.17. The quantitative estimate of drug-likeness (QED) is 0.0110. The van der Waals surface area contributed by atoms with Crippen molar-refractivity contribution < 1.29 is 55.7 Å². The van der Waals surface area contributed by atoms with Gasteiger partial charge in [0, 0.05) is 44.2 Å². The van der Waals surface area contributed by atoms with Gasteiger partial charge < -0.3 is 37.6 Å². The van der Waals surface area contributed by atoms with Gasteiger partial charge in [-0.05, 0) is 42.9 Å². The highest BCUT2D eigenvalue weighted by Crippen LogP contribution is 2.53. The van der Waals surface area contributed by atoms with Gasteiger partial charge in [0.1, 0.15) is 18.2 Å². The van der Waals surface area contributed by atoms with E-state index in [2.05, 4.69) is 70.9 Å². The first kappa shape index (κ1) is 59.9. The average Bonchev–Trinajstić information content (AvgIpc) is 3.26. The van der Waals surface area contributed by atoms with Crippen LogP contribution in [-0.2, 0) is 55.7 Å². The van der Waals surface area contributed by atoms with E-state index in [4.69, 9.17) is 51.2 Å². The maximum atomic E-state index is 14.1. The van der Waals surface area contributed by atoms with Gasteiger partial charge in [-0.15, -0.1) is 13.2 Å². The number of unbranched alkanes of at least 4 members (excludes halogenated alkanes) is 11. The van der Waals surface area contributed by atoms with Gasteiger partial charge in [0.2, 0.25) is 0 Å². The lowest BCUT2D eigenvalue weighted by atomic mass is 9.89. The van der Waals surface area contributed by atoms with Crippen LogP contribution in [0, 0.1) is 11.8 Å². The lowest BCUT2D eigenvalue weighted by Crippen LogP contribution is -2.60. The molecule has 0 amide bonds. The molecule has 0 aromatic heterocycles. The largest absolute Gasteiger partial charge is 0.475 e. The van der Waals surface area contributed by atoms with E-state index in [1.54, 1.807) is 14.2 Å². The molecule has 17 heteroatoms. The summed E-state index contributed by atoms with van der Waals surface area (Å²) in [5, 5.41) is 4.13. The predicted molar refractivity (Wildman–Crippen MR) is 260 cm³/mol. The number of phosphoric ester groups is 1.